The highest BCUT2D eigenvalue weighted by molar-refractivity contribution is 8.00. The molecule has 86 valence electrons. The summed E-state index contributed by atoms with van der Waals surface area (Å²) in [5, 5.41) is 5.35. The molecule has 3 unspecified atom stereocenters. The van der Waals surface area contributed by atoms with Gasteiger partial charge in [-0.3, -0.25) is 0 Å². The van der Waals surface area contributed by atoms with Crippen molar-refractivity contribution in [3.05, 3.63) is 35.4 Å². The Labute approximate surface area is 102 Å². The fraction of sp³-hybridized carbons (Fsp3) is 0.571. The van der Waals surface area contributed by atoms with Crippen molar-refractivity contribution >= 4 is 11.8 Å². The molecule has 3 rings (SSSR count). The second-order valence-electron chi connectivity index (χ2n) is 4.94. The number of hydrogen-bond donors (Lipinski definition) is 1. The van der Waals surface area contributed by atoms with Crippen LogP contribution in [0.25, 0.3) is 0 Å². The van der Waals surface area contributed by atoms with Crippen LogP contribution in [0.5, 0.6) is 0 Å². The van der Waals surface area contributed by atoms with Gasteiger partial charge >= 0.3 is 0 Å². The monoisotopic (exact) mass is 233 g/mol. The molecule has 1 heterocycles. The quantitative estimate of drug-likeness (QED) is 0.739. The first kappa shape index (κ1) is 10.7. The summed E-state index contributed by atoms with van der Waals surface area (Å²) in [6.45, 7) is 3.54. The van der Waals surface area contributed by atoms with E-state index in [-0.39, 0.29) is 0 Å². The summed E-state index contributed by atoms with van der Waals surface area (Å²) >= 11 is 2.19. The van der Waals surface area contributed by atoms with Crippen molar-refractivity contribution < 1.29 is 0 Å². The van der Waals surface area contributed by atoms with Crippen LogP contribution in [0.15, 0.2) is 24.3 Å². The molecule has 1 aliphatic heterocycles. The van der Waals surface area contributed by atoms with E-state index in [1.807, 2.05) is 0 Å². The van der Waals surface area contributed by atoms with E-state index in [0.29, 0.717) is 6.04 Å². The maximum absolute atomic E-state index is 3.75. The largest absolute Gasteiger partial charge is 0.309 e. The van der Waals surface area contributed by atoms with E-state index in [4.69, 9.17) is 0 Å². The predicted molar refractivity (Wildman–Crippen MR) is 71.0 cm³/mol. The minimum atomic E-state index is 0.597. The van der Waals surface area contributed by atoms with Gasteiger partial charge in [0.1, 0.15) is 0 Å². The van der Waals surface area contributed by atoms with Gasteiger partial charge in [-0.2, -0.15) is 11.8 Å². The van der Waals surface area contributed by atoms with Gasteiger partial charge in [-0.05, 0) is 36.9 Å². The first-order valence-corrected chi connectivity index (χ1v) is 7.25. The van der Waals surface area contributed by atoms with E-state index in [1.54, 1.807) is 11.1 Å². The fourth-order valence-corrected chi connectivity index (χ4v) is 4.43. The van der Waals surface area contributed by atoms with Crippen LogP contribution in [0, 0.1) is 0 Å². The summed E-state index contributed by atoms with van der Waals surface area (Å²) < 4.78 is 0. The van der Waals surface area contributed by atoms with Crippen molar-refractivity contribution in [1.82, 2.24) is 5.32 Å². The number of benzene rings is 1. The van der Waals surface area contributed by atoms with E-state index in [2.05, 4.69) is 48.3 Å². The van der Waals surface area contributed by atoms with Gasteiger partial charge < -0.3 is 5.32 Å². The van der Waals surface area contributed by atoms with Gasteiger partial charge in [0.25, 0.3) is 0 Å². The molecule has 0 amide bonds. The van der Waals surface area contributed by atoms with Crippen LogP contribution in [-0.2, 0) is 6.42 Å². The van der Waals surface area contributed by atoms with Crippen LogP contribution in [0.4, 0.5) is 0 Å². The summed E-state index contributed by atoms with van der Waals surface area (Å²) in [5.74, 6) is 0. The average molecular weight is 233 g/mol. The maximum atomic E-state index is 3.75. The molecule has 2 heteroatoms. The van der Waals surface area contributed by atoms with Crippen LogP contribution in [-0.4, -0.2) is 17.0 Å². The topological polar surface area (TPSA) is 12.0 Å². The molecule has 1 nitrogen and oxygen atoms in total. The summed E-state index contributed by atoms with van der Waals surface area (Å²) in [6, 6.07) is 9.56. The van der Waals surface area contributed by atoms with Crippen LogP contribution < -0.4 is 5.32 Å². The smallest absolute Gasteiger partial charge is 0.0443 e. The average Bonchev–Trinajstić information content (AvgIpc) is 2.50. The molecule has 2 aliphatic rings. The number of hydrogen-bond acceptors (Lipinski definition) is 2. The van der Waals surface area contributed by atoms with Gasteiger partial charge in [-0.15, -0.1) is 0 Å². The van der Waals surface area contributed by atoms with Gasteiger partial charge in [0.2, 0.25) is 0 Å². The lowest BCUT2D eigenvalue weighted by Gasteiger charge is -2.32. The molecule has 1 aliphatic carbocycles. The summed E-state index contributed by atoms with van der Waals surface area (Å²) in [7, 11) is 0. The Kier molecular flexibility index (Phi) is 2.95. The Hall–Kier alpha value is -0.470. The normalized spacial score (nSPS) is 33.7. The van der Waals surface area contributed by atoms with Gasteiger partial charge in [0.05, 0.1) is 0 Å². The fourth-order valence-electron chi connectivity index (χ4n) is 2.93. The highest BCUT2D eigenvalue weighted by Crippen LogP contribution is 2.40. The van der Waals surface area contributed by atoms with Crippen molar-refractivity contribution in [3.63, 3.8) is 0 Å². The van der Waals surface area contributed by atoms with Gasteiger partial charge in [-0.1, -0.05) is 31.2 Å². The van der Waals surface area contributed by atoms with Crippen LogP contribution in [0.2, 0.25) is 0 Å². The molecule has 0 radical (unpaired) electrons. The lowest BCUT2D eigenvalue weighted by Crippen LogP contribution is -2.33. The van der Waals surface area contributed by atoms with Gasteiger partial charge in [-0.25, -0.2) is 0 Å². The van der Waals surface area contributed by atoms with E-state index in [1.165, 1.54) is 25.8 Å². The highest BCUT2D eigenvalue weighted by atomic mass is 32.2. The third-order valence-corrected chi connectivity index (χ3v) is 5.34. The Bertz CT molecular complexity index is 377. The van der Waals surface area contributed by atoms with Gasteiger partial charge in [0.15, 0.2) is 0 Å². The van der Waals surface area contributed by atoms with E-state index in [9.17, 15) is 0 Å². The highest BCUT2D eigenvalue weighted by Gasteiger charge is 2.32. The third-order valence-electron chi connectivity index (χ3n) is 3.78. The Morgan fingerprint density at radius 3 is 3.06 bits per heavy atom. The lowest BCUT2D eigenvalue weighted by molar-refractivity contribution is 0.480. The van der Waals surface area contributed by atoms with Crippen molar-refractivity contribution in [2.24, 2.45) is 0 Å². The number of rotatable bonds is 0. The van der Waals surface area contributed by atoms with E-state index < -0.39 is 0 Å². The molecular formula is C14H19NS. The minimum absolute atomic E-state index is 0.597. The third kappa shape index (κ3) is 1.89. The predicted octanol–water partition coefficient (Wildman–Crippen LogP) is 3.16. The Morgan fingerprint density at radius 1 is 1.25 bits per heavy atom. The molecule has 1 N–H and O–H groups in total. The number of fused-ring (bicyclic) bond motifs is 3. The molecule has 0 saturated carbocycles. The summed E-state index contributed by atoms with van der Waals surface area (Å²) in [5.41, 5.74) is 3.12. The second kappa shape index (κ2) is 4.42. The first-order chi connectivity index (χ1) is 7.84. The number of thioether (sulfide) groups is 1. The summed E-state index contributed by atoms with van der Waals surface area (Å²) in [6.07, 6.45) is 3.91. The molecular weight excluding hydrogens is 214 g/mol. The lowest BCUT2D eigenvalue weighted by atomic mass is 9.87. The second-order valence-corrected chi connectivity index (χ2v) is 6.63. The Balaban J connectivity index is 1.93. The summed E-state index contributed by atoms with van der Waals surface area (Å²) in [4.78, 5) is 0. The maximum Gasteiger partial charge on any atom is 0.0443 e. The number of nitrogens with one attached hydrogen (secondary N) is 1. The van der Waals surface area contributed by atoms with Gasteiger partial charge in [0, 0.05) is 16.5 Å². The molecule has 3 atom stereocenters. The van der Waals surface area contributed by atoms with Crippen molar-refractivity contribution in [1.29, 1.82) is 0 Å². The Morgan fingerprint density at radius 2 is 2.12 bits per heavy atom. The zero-order valence-corrected chi connectivity index (χ0v) is 10.6. The molecule has 16 heavy (non-hydrogen) atoms. The van der Waals surface area contributed by atoms with E-state index in [0.717, 1.165) is 10.5 Å². The first-order valence-electron chi connectivity index (χ1n) is 6.31. The molecule has 0 bridgehead atoms. The minimum Gasteiger partial charge on any atom is -0.309 e. The molecule has 1 fully saturated rings. The molecule has 1 saturated heterocycles. The van der Waals surface area contributed by atoms with Crippen molar-refractivity contribution in [2.45, 2.75) is 42.7 Å². The van der Waals surface area contributed by atoms with Crippen molar-refractivity contribution in [3.8, 4) is 0 Å². The molecule has 1 aromatic carbocycles. The van der Waals surface area contributed by atoms with Crippen LogP contribution in [0.1, 0.15) is 36.9 Å². The van der Waals surface area contributed by atoms with E-state index >= 15 is 0 Å². The molecule has 0 spiro atoms. The molecule has 1 aromatic rings. The number of aryl methyl sites for hydroxylation is 1. The van der Waals surface area contributed by atoms with Crippen molar-refractivity contribution in [2.75, 3.05) is 6.54 Å². The zero-order valence-electron chi connectivity index (χ0n) is 9.78. The zero-order chi connectivity index (χ0) is 11.0. The van der Waals surface area contributed by atoms with Crippen LogP contribution in [0.3, 0.4) is 0 Å². The molecule has 0 aromatic heterocycles. The SMILES string of the molecule is CC1CCNC2c3ccccc3CCC2S1. The van der Waals surface area contributed by atoms with Crippen LogP contribution >= 0.6 is 11.8 Å². The standard InChI is InChI=1S/C14H19NS/c1-10-8-9-15-14-12-5-3-2-4-11(12)6-7-13(14)16-10/h2-5,10,13-15H,6-9H2,1H3.